The molecule has 7 heteroatoms. The van der Waals surface area contributed by atoms with Crippen molar-refractivity contribution in [3.8, 4) is 17.1 Å². The van der Waals surface area contributed by atoms with Crippen LogP contribution < -0.4 is 9.64 Å². The lowest BCUT2D eigenvalue weighted by Gasteiger charge is -2.11. The molecular weight excluding hydrogens is 300 g/mol. The average molecular weight is 316 g/mol. The number of hydrogen-bond donors (Lipinski definition) is 0. The topological polar surface area (TPSA) is 64.3 Å². The second-order valence-electron chi connectivity index (χ2n) is 4.73. The van der Waals surface area contributed by atoms with Gasteiger partial charge >= 0.3 is 6.01 Å². The maximum atomic E-state index is 5.33. The summed E-state index contributed by atoms with van der Waals surface area (Å²) in [5, 5.41) is 7.10. The van der Waals surface area contributed by atoms with Gasteiger partial charge in [-0.05, 0) is 12.1 Å². The summed E-state index contributed by atoms with van der Waals surface area (Å²) < 4.78 is 10.5. The third-order valence-corrected chi connectivity index (χ3v) is 4.05. The molecule has 3 rings (SSSR count). The van der Waals surface area contributed by atoms with Crippen LogP contribution in [0.5, 0.6) is 5.75 Å². The molecule has 22 heavy (non-hydrogen) atoms. The molecule has 0 spiro atoms. The summed E-state index contributed by atoms with van der Waals surface area (Å²) in [6, 6.07) is 8.08. The first-order valence-corrected chi connectivity index (χ1v) is 7.72. The van der Waals surface area contributed by atoms with Crippen molar-refractivity contribution in [3.63, 3.8) is 0 Å². The maximum absolute atomic E-state index is 5.33. The number of nitrogens with zero attached hydrogens (tertiary/aromatic N) is 4. The number of aromatic nitrogens is 3. The Labute approximate surface area is 132 Å². The minimum atomic E-state index is 0.495. The summed E-state index contributed by atoms with van der Waals surface area (Å²) in [5.74, 6) is 1.32. The van der Waals surface area contributed by atoms with E-state index < -0.39 is 0 Å². The van der Waals surface area contributed by atoms with Crippen LogP contribution in [-0.4, -0.2) is 35.8 Å². The molecule has 0 atom stereocenters. The first kappa shape index (κ1) is 14.5. The minimum absolute atomic E-state index is 0.495. The highest BCUT2D eigenvalue weighted by atomic mass is 32.1. The fourth-order valence-electron chi connectivity index (χ4n) is 1.99. The molecule has 0 aliphatic carbocycles. The van der Waals surface area contributed by atoms with Gasteiger partial charge in [-0.3, -0.25) is 0 Å². The first-order valence-electron chi connectivity index (χ1n) is 6.84. The van der Waals surface area contributed by atoms with E-state index in [0.29, 0.717) is 11.8 Å². The summed E-state index contributed by atoms with van der Waals surface area (Å²) >= 11 is 1.65. The lowest BCUT2D eigenvalue weighted by molar-refractivity contribution is 0.414. The molecule has 0 amide bonds. The van der Waals surface area contributed by atoms with Crippen molar-refractivity contribution in [1.29, 1.82) is 0 Å². The number of hydrogen-bond acceptors (Lipinski definition) is 7. The van der Waals surface area contributed by atoms with Gasteiger partial charge in [-0.25, -0.2) is 4.98 Å². The van der Waals surface area contributed by atoms with Crippen molar-refractivity contribution in [2.45, 2.75) is 6.42 Å². The number of anilines is 1. The fraction of sp³-hybridized carbons (Fsp3) is 0.267. The molecule has 0 saturated carbocycles. The van der Waals surface area contributed by atoms with Crippen LogP contribution in [0.4, 0.5) is 6.01 Å². The summed E-state index contributed by atoms with van der Waals surface area (Å²) in [5.41, 5.74) is 0.864. The zero-order chi connectivity index (χ0) is 15.4. The Morgan fingerprint density at radius 2 is 2.27 bits per heavy atom. The molecule has 2 aromatic heterocycles. The predicted molar refractivity (Wildman–Crippen MR) is 85.4 cm³/mol. The molecule has 0 fully saturated rings. The van der Waals surface area contributed by atoms with E-state index in [1.807, 2.05) is 47.8 Å². The van der Waals surface area contributed by atoms with Gasteiger partial charge in [0.2, 0.25) is 5.82 Å². The van der Waals surface area contributed by atoms with Crippen molar-refractivity contribution in [2.75, 3.05) is 25.6 Å². The van der Waals surface area contributed by atoms with Crippen LogP contribution in [0.25, 0.3) is 11.4 Å². The van der Waals surface area contributed by atoms with E-state index in [1.54, 1.807) is 18.4 Å². The van der Waals surface area contributed by atoms with Gasteiger partial charge in [-0.1, -0.05) is 17.3 Å². The predicted octanol–water partition coefficient (Wildman–Crippen LogP) is 2.88. The Balaban J connectivity index is 1.69. The van der Waals surface area contributed by atoms with Crippen LogP contribution in [0.15, 0.2) is 40.4 Å². The van der Waals surface area contributed by atoms with Crippen LogP contribution in [-0.2, 0) is 6.42 Å². The van der Waals surface area contributed by atoms with Gasteiger partial charge in [-0.2, -0.15) is 4.98 Å². The number of thiazole rings is 1. The van der Waals surface area contributed by atoms with Gasteiger partial charge < -0.3 is 14.2 Å². The number of ether oxygens (including phenoxy) is 1. The van der Waals surface area contributed by atoms with E-state index in [0.717, 1.165) is 29.3 Å². The normalized spacial score (nSPS) is 10.6. The molecule has 2 heterocycles. The van der Waals surface area contributed by atoms with Crippen molar-refractivity contribution in [2.24, 2.45) is 0 Å². The zero-order valence-corrected chi connectivity index (χ0v) is 13.2. The summed E-state index contributed by atoms with van der Waals surface area (Å²) in [4.78, 5) is 10.6. The zero-order valence-electron chi connectivity index (χ0n) is 12.4. The largest absolute Gasteiger partial charge is 0.497 e. The van der Waals surface area contributed by atoms with Gasteiger partial charge in [0.1, 0.15) is 5.75 Å². The first-order chi connectivity index (χ1) is 10.8. The molecule has 114 valence electrons. The Morgan fingerprint density at radius 1 is 1.36 bits per heavy atom. The quantitative estimate of drug-likeness (QED) is 0.697. The molecule has 0 aliphatic rings. The minimum Gasteiger partial charge on any atom is -0.497 e. The number of methoxy groups -OCH3 is 1. The van der Waals surface area contributed by atoms with Gasteiger partial charge in [0, 0.05) is 37.2 Å². The molecule has 0 saturated heterocycles. The number of rotatable bonds is 6. The van der Waals surface area contributed by atoms with Gasteiger partial charge in [0.05, 0.1) is 12.1 Å². The monoisotopic (exact) mass is 316 g/mol. The highest BCUT2D eigenvalue weighted by Gasteiger charge is 2.13. The van der Waals surface area contributed by atoms with E-state index in [9.17, 15) is 0 Å². The van der Waals surface area contributed by atoms with Crippen molar-refractivity contribution >= 4 is 17.4 Å². The van der Waals surface area contributed by atoms with Crippen molar-refractivity contribution < 1.29 is 9.26 Å². The number of benzene rings is 1. The molecular formula is C15H16N4O2S. The lowest BCUT2D eigenvalue weighted by atomic mass is 10.2. The van der Waals surface area contributed by atoms with Crippen molar-refractivity contribution in [3.05, 3.63) is 40.8 Å². The van der Waals surface area contributed by atoms with Crippen LogP contribution in [0.3, 0.4) is 0 Å². The molecule has 0 bridgehead atoms. The average Bonchev–Trinajstić information content (AvgIpc) is 3.24. The van der Waals surface area contributed by atoms with Crippen molar-refractivity contribution in [1.82, 2.24) is 15.1 Å². The molecule has 1 aromatic carbocycles. The summed E-state index contributed by atoms with van der Waals surface area (Å²) in [6.07, 6.45) is 2.67. The van der Waals surface area contributed by atoms with E-state index in [4.69, 9.17) is 9.26 Å². The number of likely N-dealkylation sites (N-methyl/N-ethyl adjacent to an activating group) is 1. The summed E-state index contributed by atoms with van der Waals surface area (Å²) in [7, 11) is 3.56. The second kappa shape index (κ2) is 6.57. The Hall–Kier alpha value is -2.41. The third kappa shape index (κ3) is 3.25. The molecule has 6 nitrogen and oxygen atoms in total. The Kier molecular flexibility index (Phi) is 4.34. The van der Waals surface area contributed by atoms with Crippen LogP contribution in [0.2, 0.25) is 0 Å². The van der Waals surface area contributed by atoms with Crippen LogP contribution in [0.1, 0.15) is 5.01 Å². The Bertz CT molecular complexity index is 727. The fourth-order valence-corrected chi connectivity index (χ4v) is 2.60. The highest BCUT2D eigenvalue weighted by Crippen LogP contribution is 2.23. The van der Waals surface area contributed by atoms with E-state index in [-0.39, 0.29) is 0 Å². The SMILES string of the molecule is COc1cccc(-c2noc(N(C)CCc3nccs3)n2)c1. The molecule has 3 aromatic rings. The van der Waals surface area contributed by atoms with E-state index >= 15 is 0 Å². The molecule has 0 aliphatic heterocycles. The van der Waals surface area contributed by atoms with Gasteiger partial charge in [-0.15, -0.1) is 11.3 Å². The van der Waals surface area contributed by atoms with Crippen LogP contribution in [0, 0.1) is 0 Å². The third-order valence-electron chi connectivity index (χ3n) is 3.21. The summed E-state index contributed by atoms with van der Waals surface area (Å²) in [6.45, 7) is 0.771. The van der Waals surface area contributed by atoms with E-state index in [1.165, 1.54) is 0 Å². The smallest absolute Gasteiger partial charge is 0.324 e. The molecule has 0 radical (unpaired) electrons. The molecule has 0 N–H and O–H groups in total. The van der Waals surface area contributed by atoms with E-state index in [2.05, 4.69) is 15.1 Å². The van der Waals surface area contributed by atoms with Gasteiger partial charge in [0.15, 0.2) is 0 Å². The highest BCUT2D eigenvalue weighted by molar-refractivity contribution is 7.09. The lowest BCUT2D eigenvalue weighted by Crippen LogP contribution is -2.20. The van der Waals surface area contributed by atoms with Gasteiger partial charge in [0.25, 0.3) is 0 Å². The standard InChI is InChI=1S/C15H16N4O2S/c1-19(8-6-13-16-7-9-22-13)15-17-14(18-21-15)11-4-3-5-12(10-11)20-2/h3-5,7,9-10H,6,8H2,1-2H3. The maximum Gasteiger partial charge on any atom is 0.324 e. The van der Waals surface area contributed by atoms with Crippen LogP contribution >= 0.6 is 11.3 Å². The Morgan fingerprint density at radius 3 is 3.05 bits per heavy atom. The second-order valence-corrected chi connectivity index (χ2v) is 5.71. The molecule has 0 unspecified atom stereocenters.